The Balaban J connectivity index is 0.000000249. The maximum Gasteiger partial charge on any atom is 0.416 e. The third kappa shape index (κ3) is 13.6. The number of alkyl halides is 3. The van der Waals surface area contributed by atoms with Gasteiger partial charge in [0.05, 0.1) is 36.7 Å². The zero-order valence-electron chi connectivity index (χ0n) is 29.9. The van der Waals surface area contributed by atoms with Crippen LogP contribution in [0.1, 0.15) is 67.3 Å². The highest BCUT2D eigenvalue weighted by Crippen LogP contribution is 2.38. The van der Waals surface area contributed by atoms with Gasteiger partial charge < -0.3 is 30.3 Å². The van der Waals surface area contributed by atoms with Crippen molar-refractivity contribution in [1.29, 1.82) is 0 Å². The molecule has 0 aromatic heterocycles. The first-order valence-corrected chi connectivity index (χ1v) is 19.9. The Labute approximate surface area is 353 Å². The molecule has 0 atom stereocenters. The van der Waals surface area contributed by atoms with Crippen molar-refractivity contribution in [3.63, 3.8) is 0 Å². The molecule has 0 amide bonds. The molecule has 1 saturated carbocycles. The molecule has 0 aliphatic heterocycles. The summed E-state index contributed by atoms with van der Waals surface area (Å²) in [5.41, 5.74) is 1.81. The van der Waals surface area contributed by atoms with E-state index in [1.165, 1.54) is 12.1 Å². The monoisotopic (exact) mass is 968 g/mol. The number of anilines is 2. The van der Waals surface area contributed by atoms with Crippen molar-refractivity contribution in [2.24, 2.45) is 0 Å². The van der Waals surface area contributed by atoms with Crippen LogP contribution in [0.25, 0.3) is 0 Å². The Morgan fingerprint density at radius 1 is 0.839 bits per heavy atom. The van der Waals surface area contributed by atoms with E-state index in [-0.39, 0.29) is 66.2 Å². The first-order valence-electron chi connectivity index (χ1n) is 17.2. The molecule has 4 aromatic rings. The fraction of sp³-hybridized carbons (Fsp3) is 0.333. The second-order valence-electron chi connectivity index (χ2n) is 13.2. The van der Waals surface area contributed by atoms with E-state index < -0.39 is 23.7 Å². The summed E-state index contributed by atoms with van der Waals surface area (Å²) < 4.78 is 66.9. The van der Waals surface area contributed by atoms with Gasteiger partial charge in [0.25, 0.3) is 0 Å². The molecule has 0 unspecified atom stereocenters. The topological polar surface area (TPSA) is 117 Å². The Morgan fingerprint density at radius 2 is 1.46 bits per heavy atom. The van der Waals surface area contributed by atoms with Gasteiger partial charge in [0.15, 0.2) is 11.6 Å². The van der Waals surface area contributed by atoms with Gasteiger partial charge in [-0.2, -0.15) is 13.2 Å². The van der Waals surface area contributed by atoms with Crippen LogP contribution in [0, 0.1) is 5.82 Å². The van der Waals surface area contributed by atoms with Crippen LogP contribution in [0.5, 0.6) is 11.5 Å². The van der Waals surface area contributed by atoms with Gasteiger partial charge in [-0.1, -0.05) is 34.8 Å². The number of halogens is 9. The van der Waals surface area contributed by atoms with Gasteiger partial charge >= 0.3 is 18.1 Å². The zero-order valence-corrected chi connectivity index (χ0v) is 35.4. The zero-order chi connectivity index (χ0) is 41.3. The predicted octanol–water partition coefficient (Wildman–Crippen LogP) is 12.6. The molecule has 56 heavy (non-hydrogen) atoms. The van der Waals surface area contributed by atoms with Gasteiger partial charge in [0.2, 0.25) is 0 Å². The summed E-state index contributed by atoms with van der Waals surface area (Å²) in [4.78, 5) is 21.6. The van der Waals surface area contributed by atoms with Gasteiger partial charge in [-0.05, 0) is 143 Å². The maximum absolute atomic E-state index is 14.8. The molecule has 4 aromatic carbocycles. The third-order valence-corrected chi connectivity index (χ3v) is 10.2. The average molecular weight is 972 g/mol. The molecule has 1 aliphatic carbocycles. The van der Waals surface area contributed by atoms with Crippen molar-refractivity contribution >= 4 is 90.0 Å². The van der Waals surface area contributed by atoms with E-state index in [0.717, 1.165) is 31.4 Å². The second kappa shape index (κ2) is 20.3. The van der Waals surface area contributed by atoms with Gasteiger partial charge in [-0.3, -0.25) is 9.59 Å². The number of carbonyl (C=O) groups is 2. The molecule has 0 radical (unpaired) electrons. The molecule has 4 N–H and O–H groups in total. The predicted molar refractivity (Wildman–Crippen MR) is 217 cm³/mol. The smallest absolute Gasteiger partial charge is 0.416 e. The van der Waals surface area contributed by atoms with Crippen molar-refractivity contribution in [2.45, 2.75) is 83.8 Å². The third-order valence-electron chi connectivity index (χ3n) is 8.21. The summed E-state index contributed by atoms with van der Waals surface area (Å²) in [6.07, 6.45) is -1.23. The Bertz CT molecular complexity index is 2000. The lowest BCUT2D eigenvalue weighted by molar-refractivity contribution is -0.138. The summed E-state index contributed by atoms with van der Waals surface area (Å²) >= 11 is 25.2. The number of aliphatic carboxylic acids is 2. The average Bonchev–Trinajstić information content (AvgIpc) is 3.05. The van der Waals surface area contributed by atoms with E-state index in [0.29, 0.717) is 53.3 Å². The minimum atomic E-state index is -4.50. The number of aryl methyl sites for hydroxylation is 1. The molecule has 302 valence electrons. The fourth-order valence-electron chi connectivity index (χ4n) is 5.46. The van der Waals surface area contributed by atoms with Crippen molar-refractivity contribution in [2.75, 3.05) is 10.6 Å². The molecule has 1 aliphatic rings. The van der Waals surface area contributed by atoms with Crippen LogP contribution in [0.2, 0.25) is 15.1 Å². The summed E-state index contributed by atoms with van der Waals surface area (Å²) in [5.74, 6) is -1.65. The molecule has 0 bridgehead atoms. The quantitative estimate of drug-likeness (QED) is 0.0871. The molecular formula is C39H37Br2Cl3F4N2O6. The molecule has 17 heteroatoms. The largest absolute Gasteiger partial charge is 0.486 e. The van der Waals surface area contributed by atoms with Crippen LogP contribution in [0.3, 0.4) is 0 Å². The van der Waals surface area contributed by atoms with Crippen molar-refractivity contribution in [3.05, 3.63) is 112 Å². The second-order valence-corrected chi connectivity index (χ2v) is 16.2. The molecule has 0 saturated heterocycles. The first kappa shape index (κ1) is 45.3. The maximum atomic E-state index is 14.8. The van der Waals surface area contributed by atoms with E-state index in [1.807, 2.05) is 13.8 Å². The fourth-order valence-corrected chi connectivity index (χ4v) is 7.85. The van der Waals surface area contributed by atoms with Gasteiger partial charge in [0.1, 0.15) is 19.0 Å². The lowest BCUT2D eigenvalue weighted by Crippen LogP contribution is -2.27. The first-order chi connectivity index (χ1) is 26.3. The Hall–Kier alpha value is -3.43. The van der Waals surface area contributed by atoms with Gasteiger partial charge in [0, 0.05) is 34.8 Å². The van der Waals surface area contributed by atoms with E-state index in [1.54, 1.807) is 30.3 Å². The molecule has 1 fully saturated rings. The SMILES string of the molecule is CC(C)Nc1cc(COc2c(Cl)cc(CCC(=O)O)cc2Cl)cc(C(F)(F)F)c1.O=C(O)Cc1cc(Br)c(OCc2cc(Cl)cc(NC3CCC3)c2F)c(Br)c1. The molecule has 0 heterocycles. The molecule has 0 spiro atoms. The van der Waals surface area contributed by atoms with E-state index in [4.69, 9.17) is 54.5 Å². The number of hydrogen-bond acceptors (Lipinski definition) is 6. The van der Waals surface area contributed by atoms with Crippen LogP contribution >= 0.6 is 66.7 Å². The standard InChI is InChI=1S/C20H20Cl2F3NO3.C19H17Br2ClFNO3/c1-11(2)26-15-6-13(5-14(9-15)20(23,24)25)10-29-19-16(21)7-12(8-17(19)22)3-4-18(27)28;20-14-4-10(6-17(25)26)5-15(21)19(14)27-9-11-7-12(22)8-16(18(11)23)24-13-2-1-3-13/h5-9,11,26H,3-4,10H2,1-2H3,(H,27,28);4-5,7-8,13,24H,1-3,6,9H2,(H,25,26). The van der Waals surface area contributed by atoms with Crippen LogP contribution in [-0.4, -0.2) is 34.2 Å². The minimum absolute atomic E-state index is 0.0127. The van der Waals surface area contributed by atoms with E-state index in [9.17, 15) is 27.2 Å². The van der Waals surface area contributed by atoms with Crippen molar-refractivity contribution in [1.82, 2.24) is 0 Å². The lowest BCUT2D eigenvalue weighted by atomic mass is 9.93. The minimum Gasteiger partial charge on any atom is -0.486 e. The number of ether oxygens (including phenoxy) is 2. The summed E-state index contributed by atoms with van der Waals surface area (Å²) in [6.45, 7) is 3.45. The van der Waals surface area contributed by atoms with Crippen LogP contribution < -0.4 is 20.1 Å². The van der Waals surface area contributed by atoms with Crippen molar-refractivity contribution in [3.8, 4) is 11.5 Å². The van der Waals surface area contributed by atoms with Gasteiger partial charge in [-0.25, -0.2) is 4.39 Å². The number of rotatable bonds is 15. The number of hydrogen-bond donors (Lipinski definition) is 4. The normalized spacial score (nSPS) is 12.7. The summed E-state index contributed by atoms with van der Waals surface area (Å²) in [5, 5.41) is 24.6. The van der Waals surface area contributed by atoms with Crippen molar-refractivity contribution < 1.29 is 46.8 Å². The molecule has 8 nitrogen and oxygen atoms in total. The number of carboxylic acid groups (broad SMARTS) is 2. The summed E-state index contributed by atoms with van der Waals surface area (Å²) in [6, 6.07) is 13.4. The van der Waals surface area contributed by atoms with E-state index >= 15 is 0 Å². The van der Waals surface area contributed by atoms with Gasteiger partial charge in [-0.15, -0.1) is 0 Å². The molecule has 5 rings (SSSR count). The number of carboxylic acids is 2. The highest BCUT2D eigenvalue weighted by molar-refractivity contribution is 9.11. The van der Waals surface area contributed by atoms with Crippen LogP contribution in [0.4, 0.5) is 28.9 Å². The highest BCUT2D eigenvalue weighted by Gasteiger charge is 2.31. The van der Waals surface area contributed by atoms with E-state index in [2.05, 4.69) is 42.5 Å². The Morgan fingerprint density at radius 3 is 2.00 bits per heavy atom. The summed E-state index contributed by atoms with van der Waals surface area (Å²) in [7, 11) is 0. The van der Waals surface area contributed by atoms with Crippen LogP contribution in [-0.2, 0) is 41.8 Å². The Kier molecular flexibility index (Phi) is 16.4. The number of benzene rings is 4. The highest BCUT2D eigenvalue weighted by atomic mass is 79.9. The lowest BCUT2D eigenvalue weighted by Gasteiger charge is -2.28. The molecular weight excluding hydrogens is 935 g/mol. The van der Waals surface area contributed by atoms with Crippen LogP contribution in [0.15, 0.2) is 63.5 Å². The number of nitrogens with one attached hydrogen (secondary N) is 2.